The Labute approximate surface area is 165 Å². The summed E-state index contributed by atoms with van der Waals surface area (Å²) in [4.78, 5) is 23.7. The van der Waals surface area contributed by atoms with E-state index in [1.54, 1.807) is 13.0 Å². The monoisotopic (exact) mass is 393 g/mol. The topological polar surface area (TPSA) is 87.9 Å². The highest BCUT2D eigenvalue weighted by molar-refractivity contribution is 5.94. The first-order valence-corrected chi connectivity index (χ1v) is 8.24. The van der Waals surface area contributed by atoms with Gasteiger partial charge >= 0.3 is 5.97 Å². The minimum Gasteiger partial charge on any atom is -0.493 e. The van der Waals surface area contributed by atoms with Crippen LogP contribution in [-0.4, -0.2) is 31.0 Å². The van der Waals surface area contributed by atoms with Gasteiger partial charge in [0.05, 0.1) is 19.8 Å². The maximum absolute atomic E-state index is 12.3. The molecule has 0 amide bonds. The summed E-state index contributed by atoms with van der Waals surface area (Å²) >= 11 is 0. The second kappa shape index (κ2) is 10.7. The van der Waals surface area contributed by atoms with Gasteiger partial charge in [0.25, 0.3) is 0 Å². The summed E-state index contributed by atoms with van der Waals surface area (Å²) in [5.74, 6) is -0.260. The van der Waals surface area contributed by atoms with Crippen LogP contribution in [0.2, 0.25) is 0 Å². The molecule has 0 fully saturated rings. The summed E-state index contributed by atoms with van der Waals surface area (Å²) in [5.41, 5.74) is 7.40. The van der Waals surface area contributed by atoms with Crippen LogP contribution in [0.3, 0.4) is 0 Å². The van der Waals surface area contributed by atoms with Crippen LogP contribution in [-0.2, 0) is 16.1 Å². The second-order valence-corrected chi connectivity index (χ2v) is 5.87. The maximum Gasteiger partial charge on any atom is 0.331 e. The molecule has 6 nitrogen and oxygen atoms in total. The van der Waals surface area contributed by atoms with E-state index in [0.29, 0.717) is 12.2 Å². The van der Waals surface area contributed by atoms with Crippen LogP contribution in [0.1, 0.15) is 29.8 Å². The molecule has 2 unspecified atom stereocenters. The molecule has 0 heterocycles. The van der Waals surface area contributed by atoms with Gasteiger partial charge in [0, 0.05) is 5.56 Å². The molecule has 146 valence electrons. The van der Waals surface area contributed by atoms with Gasteiger partial charge in [-0.1, -0.05) is 30.3 Å². The molecule has 27 heavy (non-hydrogen) atoms. The molecule has 2 aromatic carbocycles. The van der Waals surface area contributed by atoms with Crippen LogP contribution < -0.4 is 15.2 Å². The van der Waals surface area contributed by atoms with Gasteiger partial charge in [-0.25, -0.2) is 4.79 Å². The minimum atomic E-state index is -0.962. The van der Waals surface area contributed by atoms with Gasteiger partial charge in [0.2, 0.25) is 0 Å². The van der Waals surface area contributed by atoms with Crippen LogP contribution in [0.5, 0.6) is 11.5 Å². The number of ether oxygens (including phenoxy) is 3. The SMILES string of the molecule is COc1cc(C(C)=O)ccc1OC(=O)C(N)C(C)OCc1ccccc1.Cl. The van der Waals surface area contributed by atoms with Crippen molar-refractivity contribution in [1.29, 1.82) is 0 Å². The number of benzene rings is 2. The molecule has 0 bridgehead atoms. The van der Waals surface area contributed by atoms with E-state index in [-0.39, 0.29) is 29.7 Å². The van der Waals surface area contributed by atoms with Gasteiger partial charge in [-0.2, -0.15) is 0 Å². The first-order chi connectivity index (χ1) is 12.4. The minimum absolute atomic E-state index is 0. The lowest BCUT2D eigenvalue weighted by Crippen LogP contribution is -2.44. The molecule has 2 atom stereocenters. The number of carbonyl (C=O) groups excluding carboxylic acids is 2. The Balaban J connectivity index is 0.00000364. The molecule has 2 N–H and O–H groups in total. The largest absolute Gasteiger partial charge is 0.493 e. The first kappa shape index (κ1) is 22.6. The predicted molar refractivity (Wildman–Crippen MR) is 105 cm³/mol. The Bertz CT molecular complexity index is 766. The summed E-state index contributed by atoms with van der Waals surface area (Å²) in [7, 11) is 1.43. The van der Waals surface area contributed by atoms with Crippen molar-refractivity contribution >= 4 is 24.2 Å². The van der Waals surface area contributed by atoms with Crippen molar-refractivity contribution in [3.63, 3.8) is 0 Å². The van der Waals surface area contributed by atoms with Crippen molar-refractivity contribution in [2.75, 3.05) is 7.11 Å². The Morgan fingerprint density at radius 3 is 2.33 bits per heavy atom. The Morgan fingerprint density at radius 1 is 1.07 bits per heavy atom. The standard InChI is InChI=1S/C20H23NO5.ClH/c1-13(22)16-9-10-17(18(11-16)24-3)26-20(23)19(21)14(2)25-12-15-7-5-4-6-8-15;/h4-11,14,19H,12,21H2,1-3H3;1H. The Morgan fingerprint density at radius 2 is 1.74 bits per heavy atom. The number of Topliss-reactive ketones (excluding diaryl/α,β-unsaturated/α-hetero) is 1. The molecule has 0 saturated carbocycles. The summed E-state index contributed by atoms with van der Waals surface area (Å²) in [6.07, 6.45) is -0.537. The summed E-state index contributed by atoms with van der Waals surface area (Å²) in [5, 5.41) is 0. The highest BCUT2D eigenvalue weighted by atomic mass is 35.5. The summed E-state index contributed by atoms with van der Waals surface area (Å²) < 4.78 is 16.2. The zero-order chi connectivity index (χ0) is 19.1. The lowest BCUT2D eigenvalue weighted by Gasteiger charge is -2.20. The Kier molecular flexibility index (Phi) is 8.94. The molecular formula is C20H24ClNO5. The van der Waals surface area contributed by atoms with Gasteiger partial charge in [-0.15, -0.1) is 12.4 Å². The lowest BCUT2D eigenvalue weighted by atomic mass is 10.1. The van der Waals surface area contributed by atoms with E-state index in [4.69, 9.17) is 19.9 Å². The Hall–Kier alpha value is -2.41. The summed E-state index contributed by atoms with van der Waals surface area (Å²) in [6.45, 7) is 3.51. The number of nitrogens with two attached hydrogens (primary N) is 1. The number of carbonyl (C=O) groups is 2. The van der Waals surface area contributed by atoms with Crippen molar-refractivity contribution in [3.05, 3.63) is 59.7 Å². The number of methoxy groups -OCH3 is 1. The van der Waals surface area contributed by atoms with Crippen LogP contribution in [0.4, 0.5) is 0 Å². The van der Waals surface area contributed by atoms with Gasteiger partial charge in [0.15, 0.2) is 17.3 Å². The fourth-order valence-electron chi connectivity index (χ4n) is 2.24. The number of esters is 1. The number of halogens is 1. The third-order valence-corrected chi connectivity index (χ3v) is 3.91. The van der Waals surface area contributed by atoms with Gasteiger partial charge in [0.1, 0.15) is 6.04 Å². The second-order valence-electron chi connectivity index (χ2n) is 5.87. The lowest BCUT2D eigenvalue weighted by molar-refractivity contribution is -0.139. The number of rotatable bonds is 8. The average molecular weight is 394 g/mol. The highest BCUT2D eigenvalue weighted by Crippen LogP contribution is 2.28. The molecule has 0 spiro atoms. The quantitative estimate of drug-likeness (QED) is 0.421. The van der Waals surface area contributed by atoms with Crippen LogP contribution in [0.25, 0.3) is 0 Å². The highest BCUT2D eigenvalue weighted by Gasteiger charge is 2.25. The third kappa shape index (κ3) is 6.36. The molecule has 0 radical (unpaired) electrons. The molecular weight excluding hydrogens is 370 g/mol. The van der Waals surface area contributed by atoms with Crippen molar-refractivity contribution in [2.24, 2.45) is 5.73 Å². The fraction of sp³-hybridized carbons (Fsp3) is 0.300. The van der Waals surface area contributed by atoms with E-state index >= 15 is 0 Å². The molecule has 0 aromatic heterocycles. The zero-order valence-corrected chi connectivity index (χ0v) is 16.3. The van der Waals surface area contributed by atoms with Crippen molar-refractivity contribution in [1.82, 2.24) is 0 Å². The fourth-order valence-corrected chi connectivity index (χ4v) is 2.24. The maximum atomic E-state index is 12.3. The van der Waals surface area contributed by atoms with Gasteiger partial charge in [-0.3, -0.25) is 4.79 Å². The van der Waals surface area contributed by atoms with E-state index in [1.165, 1.54) is 26.2 Å². The molecule has 2 rings (SSSR count). The van der Waals surface area contributed by atoms with E-state index in [1.807, 2.05) is 30.3 Å². The first-order valence-electron chi connectivity index (χ1n) is 8.24. The van der Waals surface area contributed by atoms with Gasteiger partial charge < -0.3 is 19.9 Å². The smallest absolute Gasteiger partial charge is 0.331 e. The number of hydrogen-bond donors (Lipinski definition) is 1. The van der Waals surface area contributed by atoms with E-state index < -0.39 is 18.1 Å². The zero-order valence-electron chi connectivity index (χ0n) is 15.5. The number of ketones is 1. The molecule has 7 heteroatoms. The summed E-state index contributed by atoms with van der Waals surface area (Å²) in [6, 6.07) is 13.2. The van der Waals surface area contributed by atoms with Crippen LogP contribution in [0, 0.1) is 0 Å². The average Bonchev–Trinajstić information content (AvgIpc) is 2.66. The van der Waals surface area contributed by atoms with E-state index in [9.17, 15) is 9.59 Å². The molecule has 2 aromatic rings. The molecule has 0 saturated heterocycles. The van der Waals surface area contributed by atoms with Crippen molar-refractivity contribution < 1.29 is 23.8 Å². The third-order valence-electron chi connectivity index (χ3n) is 3.91. The normalized spacial score (nSPS) is 12.4. The molecule has 0 aliphatic heterocycles. The van der Waals surface area contributed by atoms with Crippen LogP contribution in [0.15, 0.2) is 48.5 Å². The number of hydrogen-bond acceptors (Lipinski definition) is 6. The van der Waals surface area contributed by atoms with Crippen molar-refractivity contribution in [2.45, 2.75) is 32.6 Å². The predicted octanol–water partition coefficient (Wildman–Crippen LogP) is 3.16. The van der Waals surface area contributed by atoms with Gasteiger partial charge in [-0.05, 0) is 37.6 Å². The van der Waals surface area contributed by atoms with Crippen LogP contribution >= 0.6 is 12.4 Å². The molecule has 0 aliphatic carbocycles. The van der Waals surface area contributed by atoms with E-state index in [0.717, 1.165) is 5.56 Å². The van der Waals surface area contributed by atoms with E-state index in [2.05, 4.69) is 0 Å². The van der Waals surface area contributed by atoms with Crippen molar-refractivity contribution in [3.8, 4) is 11.5 Å². The molecule has 0 aliphatic rings.